The third-order valence-corrected chi connectivity index (χ3v) is 6.48. The monoisotopic (exact) mass is 320 g/mol. The van der Waals surface area contributed by atoms with Crippen molar-refractivity contribution < 1.29 is 0 Å². The quantitative estimate of drug-likeness (QED) is 0.869. The van der Waals surface area contributed by atoms with Gasteiger partial charge in [-0.1, -0.05) is 0 Å². The molecule has 0 aliphatic carbocycles. The molecule has 0 unspecified atom stereocenters. The standard InChI is InChI=1S/C15H20N4S2/c1-12-17-13(11-21-12)10-18-6-2-15(3-7-18)4-8-19(15)14-16-5-9-20-14/h5,9,11H,2-4,6-8,10H2,1H3. The van der Waals surface area contributed by atoms with E-state index in [9.17, 15) is 0 Å². The summed E-state index contributed by atoms with van der Waals surface area (Å²) in [5, 5.41) is 6.67. The second kappa shape index (κ2) is 5.34. The maximum Gasteiger partial charge on any atom is 0.185 e. The number of piperidine rings is 1. The molecule has 112 valence electrons. The SMILES string of the molecule is Cc1nc(CN2CCC3(CC2)CCN3c2nccs2)cs1. The fraction of sp³-hybridized carbons (Fsp3) is 0.600. The summed E-state index contributed by atoms with van der Waals surface area (Å²) >= 11 is 3.53. The molecule has 0 N–H and O–H groups in total. The molecule has 2 saturated heterocycles. The Kier molecular flexibility index (Phi) is 3.47. The van der Waals surface area contributed by atoms with Crippen molar-refractivity contribution in [3.8, 4) is 0 Å². The Morgan fingerprint density at radius 3 is 2.57 bits per heavy atom. The van der Waals surface area contributed by atoms with Gasteiger partial charge < -0.3 is 4.90 Å². The first kappa shape index (κ1) is 13.7. The van der Waals surface area contributed by atoms with E-state index in [1.165, 1.54) is 54.7 Å². The molecule has 1 spiro atoms. The maximum absolute atomic E-state index is 4.59. The van der Waals surface area contributed by atoms with E-state index in [0.29, 0.717) is 5.54 Å². The lowest BCUT2D eigenvalue weighted by molar-refractivity contribution is 0.111. The Bertz CT molecular complexity index is 599. The van der Waals surface area contributed by atoms with Crippen molar-refractivity contribution in [3.05, 3.63) is 27.7 Å². The fourth-order valence-electron chi connectivity index (χ4n) is 3.54. The van der Waals surface area contributed by atoms with Crippen LogP contribution < -0.4 is 4.90 Å². The molecule has 4 heterocycles. The van der Waals surface area contributed by atoms with Crippen LogP contribution in [-0.4, -0.2) is 40.0 Å². The number of hydrogen-bond donors (Lipinski definition) is 0. The van der Waals surface area contributed by atoms with E-state index in [4.69, 9.17) is 0 Å². The van der Waals surface area contributed by atoms with Gasteiger partial charge in [-0.25, -0.2) is 9.97 Å². The molecule has 0 aromatic carbocycles. The van der Waals surface area contributed by atoms with Crippen LogP contribution in [0.1, 0.15) is 30.0 Å². The molecule has 21 heavy (non-hydrogen) atoms. The van der Waals surface area contributed by atoms with E-state index in [2.05, 4.69) is 37.5 Å². The highest BCUT2D eigenvalue weighted by molar-refractivity contribution is 7.13. The summed E-state index contributed by atoms with van der Waals surface area (Å²) in [6.07, 6.45) is 5.77. The molecule has 0 amide bonds. The predicted molar refractivity (Wildman–Crippen MR) is 88.2 cm³/mol. The van der Waals surface area contributed by atoms with Crippen LogP contribution in [0.15, 0.2) is 17.0 Å². The lowest BCUT2D eigenvalue weighted by atomic mass is 9.77. The largest absolute Gasteiger partial charge is 0.342 e. The number of thiazole rings is 2. The molecule has 0 atom stereocenters. The van der Waals surface area contributed by atoms with E-state index < -0.39 is 0 Å². The topological polar surface area (TPSA) is 32.3 Å². The molecule has 4 rings (SSSR count). The van der Waals surface area contributed by atoms with Gasteiger partial charge in [0, 0.05) is 48.7 Å². The molecule has 6 heteroatoms. The molecule has 4 nitrogen and oxygen atoms in total. The number of likely N-dealkylation sites (tertiary alicyclic amines) is 1. The Labute approximate surface area is 133 Å². The highest BCUT2D eigenvalue weighted by atomic mass is 32.1. The predicted octanol–water partition coefficient (Wildman–Crippen LogP) is 3.15. The van der Waals surface area contributed by atoms with Crippen molar-refractivity contribution in [1.82, 2.24) is 14.9 Å². The Hall–Kier alpha value is -0.980. The smallest absolute Gasteiger partial charge is 0.185 e. The molecule has 0 radical (unpaired) electrons. The Morgan fingerprint density at radius 1 is 1.19 bits per heavy atom. The normalized spacial score (nSPS) is 21.7. The van der Waals surface area contributed by atoms with E-state index in [-0.39, 0.29) is 0 Å². The molecule has 2 aromatic heterocycles. The van der Waals surface area contributed by atoms with Gasteiger partial charge in [-0.2, -0.15) is 0 Å². The Balaban J connectivity index is 1.38. The summed E-state index contributed by atoms with van der Waals surface area (Å²) in [5.41, 5.74) is 1.63. The zero-order chi connectivity index (χ0) is 14.3. The van der Waals surface area contributed by atoms with Crippen molar-refractivity contribution >= 4 is 27.8 Å². The van der Waals surface area contributed by atoms with Crippen LogP contribution in [0.3, 0.4) is 0 Å². The van der Waals surface area contributed by atoms with Gasteiger partial charge in [-0.05, 0) is 26.2 Å². The highest BCUT2D eigenvalue weighted by Crippen LogP contribution is 2.43. The first-order chi connectivity index (χ1) is 10.3. The molecule has 2 aliphatic heterocycles. The molecule has 0 bridgehead atoms. The summed E-state index contributed by atoms with van der Waals surface area (Å²) in [4.78, 5) is 14.2. The van der Waals surface area contributed by atoms with Gasteiger partial charge in [0.15, 0.2) is 5.13 Å². The first-order valence-electron chi connectivity index (χ1n) is 7.56. The second-order valence-electron chi connectivity index (χ2n) is 6.07. The van der Waals surface area contributed by atoms with Gasteiger partial charge >= 0.3 is 0 Å². The van der Waals surface area contributed by atoms with Crippen LogP contribution >= 0.6 is 22.7 Å². The van der Waals surface area contributed by atoms with Crippen LogP contribution in [0.25, 0.3) is 0 Å². The molecular formula is C15H20N4S2. The lowest BCUT2D eigenvalue weighted by Gasteiger charge is -2.56. The van der Waals surface area contributed by atoms with Crippen molar-refractivity contribution in [1.29, 1.82) is 0 Å². The van der Waals surface area contributed by atoms with Crippen LogP contribution in [0.5, 0.6) is 0 Å². The first-order valence-corrected chi connectivity index (χ1v) is 9.32. The minimum absolute atomic E-state index is 0.395. The third-order valence-electron chi connectivity index (χ3n) is 4.86. The van der Waals surface area contributed by atoms with Crippen molar-refractivity contribution in [2.24, 2.45) is 0 Å². The van der Waals surface area contributed by atoms with Gasteiger partial charge in [0.2, 0.25) is 0 Å². The molecule has 2 aliphatic rings. The Morgan fingerprint density at radius 2 is 2.00 bits per heavy atom. The summed E-state index contributed by atoms with van der Waals surface area (Å²) < 4.78 is 0. The maximum atomic E-state index is 4.59. The number of nitrogens with zero attached hydrogens (tertiary/aromatic N) is 4. The van der Waals surface area contributed by atoms with Crippen LogP contribution in [-0.2, 0) is 6.54 Å². The summed E-state index contributed by atoms with van der Waals surface area (Å²) in [6, 6.07) is 0. The average molecular weight is 320 g/mol. The molecule has 2 fully saturated rings. The summed E-state index contributed by atoms with van der Waals surface area (Å²) in [7, 11) is 0. The number of anilines is 1. The van der Waals surface area contributed by atoms with E-state index in [1.54, 1.807) is 22.7 Å². The van der Waals surface area contributed by atoms with Gasteiger partial charge in [0.1, 0.15) is 0 Å². The molecule has 2 aromatic rings. The van der Waals surface area contributed by atoms with Crippen molar-refractivity contribution in [3.63, 3.8) is 0 Å². The third kappa shape index (κ3) is 2.49. The second-order valence-corrected chi connectivity index (χ2v) is 8.01. The zero-order valence-electron chi connectivity index (χ0n) is 12.3. The van der Waals surface area contributed by atoms with Crippen LogP contribution in [0, 0.1) is 6.92 Å². The number of aryl methyl sites for hydroxylation is 1. The van der Waals surface area contributed by atoms with Gasteiger partial charge in [0.05, 0.1) is 10.7 Å². The lowest BCUT2D eigenvalue weighted by Crippen LogP contribution is -2.64. The van der Waals surface area contributed by atoms with E-state index in [1.807, 2.05) is 6.20 Å². The van der Waals surface area contributed by atoms with Crippen molar-refractivity contribution in [2.75, 3.05) is 24.5 Å². The number of rotatable bonds is 3. The van der Waals surface area contributed by atoms with E-state index in [0.717, 1.165) is 6.54 Å². The molecule has 0 saturated carbocycles. The minimum Gasteiger partial charge on any atom is -0.342 e. The van der Waals surface area contributed by atoms with E-state index >= 15 is 0 Å². The zero-order valence-corrected chi connectivity index (χ0v) is 13.9. The number of aromatic nitrogens is 2. The number of hydrogen-bond acceptors (Lipinski definition) is 6. The van der Waals surface area contributed by atoms with Crippen LogP contribution in [0.2, 0.25) is 0 Å². The minimum atomic E-state index is 0.395. The summed E-state index contributed by atoms with van der Waals surface area (Å²) in [5.74, 6) is 0. The average Bonchev–Trinajstić information content (AvgIpc) is 3.11. The summed E-state index contributed by atoms with van der Waals surface area (Å²) in [6.45, 7) is 6.63. The van der Waals surface area contributed by atoms with Gasteiger partial charge in [-0.15, -0.1) is 22.7 Å². The highest BCUT2D eigenvalue weighted by Gasteiger charge is 2.47. The fourth-order valence-corrected chi connectivity index (χ4v) is 4.93. The molecular weight excluding hydrogens is 300 g/mol. The van der Waals surface area contributed by atoms with Crippen LogP contribution in [0.4, 0.5) is 5.13 Å². The van der Waals surface area contributed by atoms with Gasteiger partial charge in [0.25, 0.3) is 0 Å². The van der Waals surface area contributed by atoms with Gasteiger partial charge in [-0.3, -0.25) is 4.90 Å². The van der Waals surface area contributed by atoms with Crippen molar-refractivity contribution in [2.45, 2.75) is 38.3 Å².